The fraction of sp³-hybridized carbons (Fsp3) is 0.333. The normalized spacial score (nSPS) is 11.0. The number of nitrogens with zero attached hydrogens (tertiary/aromatic N) is 3. The Labute approximate surface area is 154 Å². The van der Waals surface area contributed by atoms with Gasteiger partial charge in [0.25, 0.3) is 11.5 Å². The molecule has 26 heavy (non-hydrogen) atoms. The minimum atomic E-state index is -0.682. The highest BCUT2D eigenvalue weighted by Crippen LogP contribution is 2.27. The van der Waals surface area contributed by atoms with Crippen molar-refractivity contribution in [2.75, 3.05) is 5.32 Å². The Balaban J connectivity index is 2.09. The summed E-state index contributed by atoms with van der Waals surface area (Å²) in [7, 11) is 0. The standard InChI is InChI=1S/C18H20N4O3S/c1-3-4-7-10-22-13-9-6-5-8-12(13)15(23)14(17(22)25)16(24)19-18-21-20-11(2)26-18/h5-6,8-9,23H,3-4,7,10H2,1-2H3,(H,19,21,24). The predicted octanol–water partition coefficient (Wildman–Crippen LogP) is 3.31. The molecule has 0 atom stereocenters. The van der Waals surface area contributed by atoms with Crippen LogP contribution in [0.4, 0.5) is 5.13 Å². The molecule has 8 heteroatoms. The molecule has 0 aliphatic carbocycles. The van der Waals surface area contributed by atoms with E-state index >= 15 is 0 Å². The van der Waals surface area contributed by atoms with Gasteiger partial charge in [-0.05, 0) is 25.5 Å². The highest BCUT2D eigenvalue weighted by Gasteiger charge is 2.23. The third-order valence-electron chi connectivity index (χ3n) is 4.10. The Bertz CT molecular complexity index is 1010. The molecular formula is C18H20N4O3S. The Morgan fingerprint density at radius 3 is 2.73 bits per heavy atom. The number of anilines is 1. The highest BCUT2D eigenvalue weighted by molar-refractivity contribution is 7.15. The molecule has 7 nitrogen and oxygen atoms in total. The summed E-state index contributed by atoms with van der Waals surface area (Å²) in [5, 5.41) is 22.2. The van der Waals surface area contributed by atoms with Crippen LogP contribution in [0.5, 0.6) is 5.75 Å². The molecule has 0 saturated carbocycles. The van der Waals surface area contributed by atoms with Crippen LogP contribution < -0.4 is 10.9 Å². The number of benzene rings is 1. The Kier molecular flexibility index (Phi) is 5.32. The average Bonchev–Trinajstić information content (AvgIpc) is 3.03. The lowest BCUT2D eigenvalue weighted by Gasteiger charge is -2.14. The van der Waals surface area contributed by atoms with Gasteiger partial charge < -0.3 is 9.67 Å². The van der Waals surface area contributed by atoms with Gasteiger partial charge in [-0.1, -0.05) is 43.2 Å². The SMILES string of the molecule is CCCCCn1c(=O)c(C(=O)Nc2nnc(C)s2)c(O)c2ccccc21. The number of amides is 1. The highest BCUT2D eigenvalue weighted by atomic mass is 32.1. The molecule has 2 aromatic heterocycles. The van der Waals surface area contributed by atoms with E-state index in [2.05, 4.69) is 22.4 Å². The van der Waals surface area contributed by atoms with Crippen molar-refractivity contribution < 1.29 is 9.90 Å². The Morgan fingerprint density at radius 2 is 2.04 bits per heavy atom. The van der Waals surface area contributed by atoms with Crippen molar-refractivity contribution in [2.45, 2.75) is 39.7 Å². The van der Waals surface area contributed by atoms with Crippen molar-refractivity contribution in [2.24, 2.45) is 0 Å². The zero-order valence-corrected chi connectivity index (χ0v) is 15.5. The summed E-state index contributed by atoms with van der Waals surface area (Å²) in [4.78, 5) is 25.6. The van der Waals surface area contributed by atoms with Gasteiger partial charge in [-0.15, -0.1) is 10.2 Å². The number of aromatic nitrogens is 3. The van der Waals surface area contributed by atoms with Gasteiger partial charge >= 0.3 is 0 Å². The molecule has 3 aromatic rings. The number of hydrogen-bond donors (Lipinski definition) is 2. The van der Waals surface area contributed by atoms with Gasteiger partial charge in [0.1, 0.15) is 16.3 Å². The maximum atomic E-state index is 12.9. The summed E-state index contributed by atoms with van der Waals surface area (Å²) < 4.78 is 1.56. The number of aryl methyl sites for hydroxylation is 2. The summed E-state index contributed by atoms with van der Waals surface area (Å²) >= 11 is 1.20. The van der Waals surface area contributed by atoms with E-state index in [4.69, 9.17) is 0 Å². The van der Waals surface area contributed by atoms with Crippen LogP contribution in [0.25, 0.3) is 10.9 Å². The van der Waals surface area contributed by atoms with Crippen LogP contribution in [0.1, 0.15) is 41.6 Å². The van der Waals surface area contributed by atoms with Crippen molar-refractivity contribution in [1.82, 2.24) is 14.8 Å². The average molecular weight is 372 g/mol. The molecule has 2 N–H and O–H groups in total. The molecule has 136 valence electrons. The molecule has 0 radical (unpaired) electrons. The van der Waals surface area contributed by atoms with Gasteiger partial charge in [0.05, 0.1) is 5.52 Å². The van der Waals surface area contributed by atoms with E-state index in [1.165, 1.54) is 11.3 Å². The van der Waals surface area contributed by atoms with Crippen molar-refractivity contribution in [3.8, 4) is 5.75 Å². The fourth-order valence-electron chi connectivity index (χ4n) is 2.84. The second-order valence-corrected chi connectivity index (χ2v) is 7.17. The molecule has 1 amide bonds. The van der Waals surface area contributed by atoms with Crippen LogP contribution in [0.3, 0.4) is 0 Å². The van der Waals surface area contributed by atoms with Crippen LogP contribution >= 0.6 is 11.3 Å². The summed E-state index contributed by atoms with van der Waals surface area (Å²) in [6.07, 6.45) is 2.82. The van der Waals surface area contributed by atoms with Gasteiger partial charge in [-0.3, -0.25) is 14.9 Å². The number of nitrogens with one attached hydrogen (secondary N) is 1. The summed E-state index contributed by atoms with van der Waals surface area (Å²) in [5.74, 6) is -0.991. The summed E-state index contributed by atoms with van der Waals surface area (Å²) in [5.41, 5.74) is -0.154. The number of rotatable bonds is 6. The Morgan fingerprint density at radius 1 is 1.27 bits per heavy atom. The summed E-state index contributed by atoms with van der Waals surface area (Å²) in [6, 6.07) is 7.05. The van der Waals surface area contributed by atoms with E-state index in [-0.39, 0.29) is 16.4 Å². The minimum Gasteiger partial charge on any atom is -0.506 e. The van der Waals surface area contributed by atoms with Crippen molar-refractivity contribution in [1.29, 1.82) is 0 Å². The van der Waals surface area contributed by atoms with Crippen molar-refractivity contribution >= 4 is 33.3 Å². The molecule has 0 aliphatic heterocycles. The largest absolute Gasteiger partial charge is 0.506 e. The van der Waals surface area contributed by atoms with Gasteiger partial charge in [0.2, 0.25) is 5.13 Å². The van der Waals surface area contributed by atoms with Crippen molar-refractivity contribution in [3.63, 3.8) is 0 Å². The van der Waals surface area contributed by atoms with Gasteiger partial charge in [0.15, 0.2) is 0 Å². The van der Waals surface area contributed by atoms with E-state index in [9.17, 15) is 14.7 Å². The van der Waals surface area contributed by atoms with Crippen LogP contribution in [0.15, 0.2) is 29.1 Å². The first-order valence-electron chi connectivity index (χ1n) is 8.49. The quantitative estimate of drug-likeness (QED) is 0.647. The smallest absolute Gasteiger partial charge is 0.267 e. The number of hydrogen-bond acceptors (Lipinski definition) is 6. The zero-order valence-electron chi connectivity index (χ0n) is 14.7. The third-order valence-corrected chi connectivity index (χ3v) is 4.86. The number of pyridine rings is 1. The maximum absolute atomic E-state index is 12.9. The molecule has 0 aliphatic rings. The lowest BCUT2D eigenvalue weighted by atomic mass is 10.1. The first-order chi connectivity index (χ1) is 12.5. The molecule has 2 heterocycles. The molecule has 1 aromatic carbocycles. The van der Waals surface area contributed by atoms with Crippen LogP contribution in [0.2, 0.25) is 0 Å². The molecule has 0 unspecified atom stereocenters. The zero-order chi connectivity index (χ0) is 18.7. The lowest BCUT2D eigenvalue weighted by Crippen LogP contribution is -2.30. The monoisotopic (exact) mass is 372 g/mol. The predicted molar refractivity (Wildman–Crippen MR) is 102 cm³/mol. The van der Waals surface area contributed by atoms with E-state index in [1.807, 2.05) is 0 Å². The fourth-order valence-corrected chi connectivity index (χ4v) is 3.43. The van der Waals surface area contributed by atoms with E-state index in [1.54, 1.807) is 35.8 Å². The molecule has 0 fully saturated rings. The molecule has 0 spiro atoms. The molecule has 0 bridgehead atoms. The lowest BCUT2D eigenvalue weighted by molar-refractivity contribution is 0.102. The number of unbranched alkanes of at least 4 members (excludes halogenated alkanes) is 2. The second kappa shape index (κ2) is 7.65. The molecule has 3 rings (SSSR count). The number of carbonyl (C=O) groups excluding carboxylic acids is 1. The van der Waals surface area contributed by atoms with E-state index < -0.39 is 11.5 Å². The van der Waals surface area contributed by atoms with Gasteiger partial charge in [-0.25, -0.2) is 0 Å². The second-order valence-electron chi connectivity index (χ2n) is 5.99. The third kappa shape index (κ3) is 3.45. The van der Waals surface area contributed by atoms with Gasteiger partial charge in [-0.2, -0.15) is 0 Å². The van der Waals surface area contributed by atoms with E-state index in [0.717, 1.165) is 19.3 Å². The number of aromatic hydroxyl groups is 1. The van der Waals surface area contributed by atoms with Crippen LogP contribution in [-0.2, 0) is 6.54 Å². The first kappa shape index (κ1) is 18.1. The molecule has 0 saturated heterocycles. The van der Waals surface area contributed by atoms with Crippen LogP contribution in [0, 0.1) is 6.92 Å². The van der Waals surface area contributed by atoms with Gasteiger partial charge in [0, 0.05) is 11.9 Å². The maximum Gasteiger partial charge on any atom is 0.267 e. The first-order valence-corrected chi connectivity index (χ1v) is 9.30. The minimum absolute atomic E-state index is 0.270. The number of fused-ring (bicyclic) bond motifs is 1. The number of carbonyl (C=O) groups is 1. The number of para-hydroxylation sites is 1. The Hall–Kier alpha value is -2.74. The molecular weight excluding hydrogens is 352 g/mol. The summed E-state index contributed by atoms with van der Waals surface area (Å²) in [6.45, 7) is 4.34. The van der Waals surface area contributed by atoms with Crippen LogP contribution in [-0.4, -0.2) is 25.8 Å². The topological polar surface area (TPSA) is 97.1 Å². The van der Waals surface area contributed by atoms with Crippen molar-refractivity contribution in [3.05, 3.63) is 45.2 Å². The van der Waals surface area contributed by atoms with E-state index in [0.29, 0.717) is 22.5 Å².